The van der Waals surface area contributed by atoms with Crippen LogP contribution in [0, 0.1) is 18.3 Å². The van der Waals surface area contributed by atoms with Gasteiger partial charge < -0.3 is 14.5 Å². The van der Waals surface area contributed by atoms with E-state index < -0.39 is 0 Å². The number of hydrogen-bond acceptors (Lipinski definition) is 6. The van der Waals surface area contributed by atoms with Crippen LogP contribution in [0.4, 0.5) is 0 Å². The van der Waals surface area contributed by atoms with Crippen LogP contribution in [-0.2, 0) is 12.8 Å². The highest BCUT2D eigenvalue weighted by Crippen LogP contribution is 2.37. The Hall–Kier alpha value is -3.47. The van der Waals surface area contributed by atoms with E-state index in [4.69, 9.17) is 16.3 Å². The van der Waals surface area contributed by atoms with E-state index in [2.05, 4.69) is 47.0 Å². The quantitative estimate of drug-likeness (QED) is 0.356. The molecule has 198 valence electrons. The number of aromatic nitrogens is 2. The van der Waals surface area contributed by atoms with Crippen molar-refractivity contribution >= 4 is 17.5 Å². The number of carbonyl (C=O) groups is 1. The molecule has 0 saturated heterocycles. The van der Waals surface area contributed by atoms with Crippen LogP contribution in [0.15, 0.2) is 36.7 Å². The molecule has 7 nitrogen and oxygen atoms in total. The van der Waals surface area contributed by atoms with E-state index in [-0.39, 0.29) is 11.9 Å². The third-order valence-corrected chi connectivity index (χ3v) is 7.48. The lowest BCUT2D eigenvalue weighted by atomic mass is 9.86. The summed E-state index contributed by atoms with van der Waals surface area (Å²) in [7, 11) is 2.10. The van der Waals surface area contributed by atoms with Gasteiger partial charge in [0.1, 0.15) is 17.4 Å². The maximum Gasteiger partial charge on any atom is 0.254 e. The fraction of sp³-hybridized carbons (Fsp3) is 0.400. The molecular weight excluding hydrogens is 498 g/mol. The van der Waals surface area contributed by atoms with Crippen LogP contribution >= 0.6 is 11.6 Å². The van der Waals surface area contributed by atoms with Gasteiger partial charge in [-0.25, -0.2) is 0 Å². The molecule has 8 heteroatoms. The van der Waals surface area contributed by atoms with Crippen LogP contribution in [0.25, 0.3) is 11.1 Å². The minimum Gasteiger partial charge on any atom is -0.492 e. The highest BCUT2D eigenvalue weighted by Gasteiger charge is 2.32. The Bertz CT molecular complexity index is 1380. The lowest BCUT2D eigenvalue weighted by Gasteiger charge is -2.35. The van der Waals surface area contributed by atoms with E-state index in [0.29, 0.717) is 47.2 Å². The van der Waals surface area contributed by atoms with Gasteiger partial charge in [-0.3, -0.25) is 14.8 Å². The van der Waals surface area contributed by atoms with Crippen molar-refractivity contribution in [1.82, 2.24) is 19.8 Å². The average molecular weight is 532 g/mol. The standard InChI is InChI=1S/C30H34ClN5O2/c1-6-35(5)10-8-21-12-26(25-14-23(31)18-33-19(25)3)24-9-11-36(30(37)27(24)13-21)20(4)28-15-29(38-7-2)22(16-32)17-34-28/h12-15,17-18,20H,6-11H2,1-5H3. The van der Waals surface area contributed by atoms with Crippen LogP contribution in [0.1, 0.15) is 65.2 Å². The van der Waals surface area contributed by atoms with Crippen molar-refractivity contribution in [3.8, 4) is 22.9 Å². The summed E-state index contributed by atoms with van der Waals surface area (Å²) in [5.41, 5.74) is 6.80. The first kappa shape index (κ1) is 27.6. The number of likely N-dealkylation sites (N-methyl/N-ethyl adjacent to an activating group) is 1. The molecule has 1 aromatic carbocycles. The van der Waals surface area contributed by atoms with Crippen molar-refractivity contribution in [2.75, 3.05) is 33.3 Å². The summed E-state index contributed by atoms with van der Waals surface area (Å²) < 4.78 is 5.66. The molecule has 38 heavy (non-hydrogen) atoms. The van der Waals surface area contributed by atoms with E-state index in [1.807, 2.05) is 31.7 Å². The molecule has 1 unspecified atom stereocenters. The Balaban J connectivity index is 1.75. The van der Waals surface area contributed by atoms with Gasteiger partial charge in [0.25, 0.3) is 5.91 Å². The fourth-order valence-electron chi connectivity index (χ4n) is 4.89. The summed E-state index contributed by atoms with van der Waals surface area (Å²) in [6.45, 7) is 10.8. The predicted octanol–water partition coefficient (Wildman–Crippen LogP) is 5.63. The smallest absolute Gasteiger partial charge is 0.254 e. The number of aryl methyl sites for hydroxylation is 1. The normalized spacial score (nSPS) is 13.8. The molecule has 0 radical (unpaired) electrons. The molecule has 4 rings (SSSR count). The van der Waals surface area contributed by atoms with Gasteiger partial charge in [-0.2, -0.15) is 5.26 Å². The number of rotatable bonds is 9. The van der Waals surface area contributed by atoms with Gasteiger partial charge >= 0.3 is 0 Å². The number of carbonyl (C=O) groups excluding carboxylic acids is 1. The minimum absolute atomic E-state index is 0.0255. The zero-order valence-corrected chi connectivity index (χ0v) is 23.5. The maximum atomic E-state index is 14.0. The van der Waals surface area contributed by atoms with Crippen molar-refractivity contribution in [1.29, 1.82) is 5.26 Å². The third-order valence-electron chi connectivity index (χ3n) is 7.27. The zero-order valence-electron chi connectivity index (χ0n) is 22.7. The summed E-state index contributed by atoms with van der Waals surface area (Å²) in [4.78, 5) is 27.1. The highest BCUT2D eigenvalue weighted by atomic mass is 35.5. The molecule has 0 spiro atoms. The molecule has 1 aliphatic heterocycles. The second kappa shape index (κ2) is 11.9. The van der Waals surface area contributed by atoms with Gasteiger partial charge in [0, 0.05) is 48.4 Å². The third kappa shape index (κ3) is 5.67. The number of halogens is 1. The second-order valence-corrected chi connectivity index (χ2v) is 10.1. The van der Waals surface area contributed by atoms with Gasteiger partial charge in [-0.15, -0.1) is 0 Å². The van der Waals surface area contributed by atoms with Crippen molar-refractivity contribution in [2.45, 2.75) is 46.6 Å². The fourth-order valence-corrected chi connectivity index (χ4v) is 5.05. The van der Waals surface area contributed by atoms with Crippen molar-refractivity contribution in [3.63, 3.8) is 0 Å². The minimum atomic E-state index is -0.282. The number of nitriles is 1. The summed E-state index contributed by atoms with van der Waals surface area (Å²) in [5, 5.41) is 9.97. The van der Waals surface area contributed by atoms with Crippen LogP contribution < -0.4 is 4.74 Å². The lowest BCUT2D eigenvalue weighted by molar-refractivity contribution is 0.0669. The van der Waals surface area contributed by atoms with E-state index in [1.165, 1.54) is 6.20 Å². The second-order valence-electron chi connectivity index (χ2n) is 9.68. The first-order valence-electron chi connectivity index (χ1n) is 13.1. The van der Waals surface area contributed by atoms with Crippen molar-refractivity contribution < 1.29 is 9.53 Å². The molecule has 0 N–H and O–H groups in total. The monoisotopic (exact) mass is 531 g/mol. The number of benzene rings is 1. The average Bonchev–Trinajstić information content (AvgIpc) is 2.92. The molecule has 3 aromatic rings. The van der Waals surface area contributed by atoms with Crippen LogP contribution in [0.2, 0.25) is 5.02 Å². The number of pyridine rings is 2. The van der Waals surface area contributed by atoms with E-state index >= 15 is 0 Å². The molecule has 1 atom stereocenters. The summed E-state index contributed by atoms with van der Waals surface area (Å²) in [6, 6.07) is 9.81. The topological polar surface area (TPSA) is 82.3 Å². The number of fused-ring (bicyclic) bond motifs is 1. The molecule has 0 aliphatic carbocycles. The molecule has 0 saturated carbocycles. The first-order valence-corrected chi connectivity index (χ1v) is 13.5. The molecule has 2 aromatic heterocycles. The molecule has 1 aliphatic rings. The Morgan fingerprint density at radius 3 is 2.63 bits per heavy atom. The van der Waals surface area contributed by atoms with Gasteiger partial charge in [0.15, 0.2) is 0 Å². The molecule has 1 amide bonds. The largest absolute Gasteiger partial charge is 0.492 e. The van der Waals surface area contributed by atoms with E-state index in [0.717, 1.165) is 47.5 Å². The molecule has 0 fully saturated rings. The maximum absolute atomic E-state index is 14.0. The Morgan fingerprint density at radius 2 is 1.92 bits per heavy atom. The van der Waals surface area contributed by atoms with E-state index in [9.17, 15) is 10.1 Å². The van der Waals surface area contributed by atoms with Crippen LogP contribution in [0.3, 0.4) is 0 Å². The Kier molecular flexibility index (Phi) is 8.65. The number of nitrogens with zero attached hydrogens (tertiary/aromatic N) is 5. The van der Waals surface area contributed by atoms with E-state index in [1.54, 1.807) is 12.3 Å². The summed E-state index contributed by atoms with van der Waals surface area (Å²) in [5.74, 6) is 0.465. The highest BCUT2D eigenvalue weighted by molar-refractivity contribution is 6.30. The molecule has 3 heterocycles. The van der Waals surface area contributed by atoms with Gasteiger partial charge in [-0.05, 0) is 76.0 Å². The van der Waals surface area contributed by atoms with Gasteiger partial charge in [-0.1, -0.05) is 24.6 Å². The molecular formula is C30H34ClN5O2. The number of ether oxygens (including phenoxy) is 1. The van der Waals surface area contributed by atoms with Crippen molar-refractivity contribution in [2.24, 2.45) is 0 Å². The number of hydrogen-bond donors (Lipinski definition) is 0. The Labute approximate surface area is 230 Å². The predicted molar refractivity (Wildman–Crippen MR) is 150 cm³/mol. The van der Waals surface area contributed by atoms with Gasteiger partial charge in [0.05, 0.1) is 23.4 Å². The summed E-state index contributed by atoms with van der Waals surface area (Å²) >= 11 is 6.35. The lowest BCUT2D eigenvalue weighted by Crippen LogP contribution is -2.40. The Morgan fingerprint density at radius 1 is 1.16 bits per heavy atom. The zero-order chi connectivity index (χ0) is 27.4. The van der Waals surface area contributed by atoms with Crippen LogP contribution in [-0.4, -0.2) is 59.0 Å². The molecule has 0 bridgehead atoms. The van der Waals surface area contributed by atoms with Crippen LogP contribution in [0.5, 0.6) is 5.75 Å². The van der Waals surface area contributed by atoms with Crippen molar-refractivity contribution in [3.05, 3.63) is 75.3 Å². The SMILES string of the molecule is CCOc1cc(C(C)N2CCc3c(cc(CCN(C)CC)cc3-c3cc(Cl)cnc3C)C2=O)ncc1C#N. The summed E-state index contributed by atoms with van der Waals surface area (Å²) in [6.07, 6.45) is 4.71. The van der Waals surface area contributed by atoms with Gasteiger partial charge in [0.2, 0.25) is 0 Å². The number of amides is 1. The first-order chi connectivity index (χ1) is 18.3.